The molecule has 1 aromatic carbocycles. The second-order valence-corrected chi connectivity index (χ2v) is 6.16. The molecule has 2 aromatic heterocycles. The first kappa shape index (κ1) is 12.0. The zero-order valence-corrected chi connectivity index (χ0v) is 11.7. The van der Waals surface area contributed by atoms with E-state index < -0.39 is 0 Å². The van der Waals surface area contributed by atoms with Crippen molar-refractivity contribution in [2.24, 2.45) is 0 Å². The van der Waals surface area contributed by atoms with Crippen LogP contribution in [-0.2, 0) is 13.0 Å². The monoisotopic (exact) mass is 288 g/mol. The smallest absolute Gasteiger partial charge is 0.213 e. The summed E-state index contributed by atoms with van der Waals surface area (Å²) in [6, 6.07) is 6.76. The van der Waals surface area contributed by atoms with Crippen LogP contribution in [0.4, 0.5) is 4.39 Å². The van der Waals surface area contributed by atoms with Crippen molar-refractivity contribution in [1.82, 2.24) is 19.9 Å². The predicted molar refractivity (Wildman–Crippen MR) is 76.3 cm³/mol. The third-order valence-electron chi connectivity index (χ3n) is 3.58. The van der Waals surface area contributed by atoms with Crippen molar-refractivity contribution in [3.05, 3.63) is 40.7 Å². The van der Waals surface area contributed by atoms with E-state index in [1.54, 1.807) is 23.5 Å². The fourth-order valence-corrected chi connectivity index (χ4v) is 3.55. The topological polar surface area (TPSA) is 42.2 Å². The molecule has 1 atom stereocenters. The highest BCUT2D eigenvalue weighted by molar-refractivity contribution is 7.17. The van der Waals surface area contributed by atoms with Gasteiger partial charge < -0.3 is 5.32 Å². The Morgan fingerprint density at radius 1 is 1.35 bits per heavy atom. The van der Waals surface area contributed by atoms with Crippen LogP contribution >= 0.6 is 11.3 Å². The van der Waals surface area contributed by atoms with E-state index in [1.807, 2.05) is 4.52 Å². The number of nitrogens with zero attached hydrogens (tertiary/aromatic N) is 3. The van der Waals surface area contributed by atoms with Gasteiger partial charge in [-0.15, -0.1) is 5.10 Å². The summed E-state index contributed by atoms with van der Waals surface area (Å²) in [7, 11) is 0. The van der Waals surface area contributed by atoms with E-state index in [0.717, 1.165) is 23.5 Å². The number of halogens is 1. The molecule has 0 fully saturated rings. The van der Waals surface area contributed by atoms with Crippen molar-refractivity contribution in [1.29, 1.82) is 0 Å². The zero-order valence-electron chi connectivity index (χ0n) is 10.9. The molecule has 1 unspecified atom stereocenters. The summed E-state index contributed by atoms with van der Waals surface area (Å²) in [4.78, 5) is 6.78. The van der Waals surface area contributed by atoms with Crippen LogP contribution in [0.25, 0.3) is 16.3 Å². The molecule has 4 nitrogen and oxygen atoms in total. The molecule has 0 bridgehead atoms. The van der Waals surface area contributed by atoms with Crippen LogP contribution in [-0.4, -0.2) is 20.6 Å². The van der Waals surface area contributed by atoms with Gasteiger partial charge in [-0.1, -0.05) is 11.3 Å². The van der Waals surface area contributed by atoms with E-state index in [1.165, 1.54) is 22.7 Å². The fraction of sp³-hybridized carbons (Fsp3) is 0.286. The number of nitrogens with one attached hydrogen (secondary N) is 1. The number of hydrogen-bond donors (Lipinski definition) is 1. The lowest BCUT2D eigenvalue weighted by molar-refractivity contribution is 0.505. The first-order chi connectivity index (χ1) is 9.70. The average molecular weight is 288 g/mol. The Balaban J connectivity index is 1.82. The lowest BCUT2D eigenvalue weighted by atomic mass is 10.1. The summed E-state index contributed by atoms with van der Waals surface area (Å²) in [6.45, 7) is 3.06. The van der Waals surface area contributed by atoms with Gasteiger partial charge in [0.25, 0.3) is 0 Å². The molecule has 1 aliphatic heterocycles. The summed E-state index contributed by atoms with van der Waals surface area (Å²) in [5, 5.41) is 8.03. The molecule has 0 amide bonds. The molecule has 3 heterocycles. The van der Waals surface area contributed by atoms with Crippen molar-refractivity contribution in [3.63, 3.8) is 0 Å². The molecule has 0 saturated heterocycles. The maximum Gasteiger partial charge on any atom is 0.213 e. The molecule has 0 radical (unpaired) electrons. The molecule has 1 N–H and O–H groups in total. The Hall–Kier alpha value is -1.79. The highest BCUT2D eigenvalue weighted by Crippen LogP contribution is 2.28. The summed E-state index contributed by atoms with van der Waals surface area (Å²) in [6.07, 6.45) is 0.960. The highest BCUT2D eigenvalue weighted by atomic mass is 32.1. The Morgan fingerprint density at radius 3 is 2.95 bits per heavy atom. The van der Waals surface area contributed by atoms with E-state index in [2.05, 4.69) is 22.3 Å². The van der Waals surface area contributed by atoms with Crippen LogP contribution in [0, 0.1) is 5.82 Å². The van der Waals surface area contributed by atoms with E-state index in [-0.39, 0.29) is 5.82 Å². The van der Waals surface area contributed by atoms with Gasteiger partial charge in [0.2, 0.25) is 4.96 Å². The predicted octanol–water partition coefficient (Wildman–Crippen LogP) is 2.63. The molecular weight excluding hydrogens is 275 g/mol. The van der Waals surface area contributed by atoms with Crippen LogP contribution in [0.1, 0.15) is 17.5 Å². The second-order valence-electron chi connectivity index (χ2n) is 5.09. The van der Waals surface area contributed by atoms with Crippen LogP contribution < -0.4 is 5.32 Å². The molecule has 0 spiro atoms. The Bertz CT molecular complexity index is 774. The van der Waals surface area contributed by atoms with Crippen molar-refractivity contribution in [2.75, 3.05) is 0 Å². The van der Waals surface area contributed by atoms with Crippen molar-refractivity contribution in [3.8, 4) is 11.4 Å². The third-order valence-corrected chi connectivity index (χ3v) is 4.66. The largest absolute Gasteiger partial charge is 0.309 e. The Kier molecular flexibility index (Phi) is 2.61. The molecule has 0 saturated carbocycles. The summed E-state index contributed by atoms with van der Waals surface area (Å²) in [5.41, 5.74) is 2.09. The maximum atomic E-state index is 13.0. The summed E-state index contributed by atoms with van der Waals surface area (Å²) >= 11 is 1.67. The van der Waals surface area contributed by atoms with Gasteiger partial charge in [0.1, 0.15) is 5.82 Å². The Morgan fingerprint density at radius 2 is 2.15 bits per heavy atom. The highest BCUT2D eigenvalue weighted by Gasteiger charge is 2.22. The van der Waals surface area contributed by atoms with Gasteiger partial charge in [0.05, 0.1) is 5.69 Å². The van der Waals surface area contributed by atoms with Gasteiger partial charge >= 0.3 is 0 Å². The van der Waals surface area contributed by atoms with Crippen LogP contribution in [0.3, 0.4) is 0 Å². The maximum absolute atomic E-state index is 13.0. The van der Waals surface area contributed by atoms with Crippen LogP contribution in [0.2, 0.25) is 0 Å². The Labute approximate surface area is 119 Å². The van der Waals surface area contributed by atoms with Gasteiger partial charge in [-0.2, -0.15) is 4.98 Å². The molecule has 4 rings (SSSR count). The number of fused-ring (bicyclic) bond motifs is 3. The zero-order chi connectivity index (χ0) is 13.7. The number of hydrogen-bond acceptors (Lipinski definition) is 4. The summed E-state index contributed by atoms with van der Waals surface area (Å²) < 4.78 is 14.9. The standard InChI is InChI=1S/C14H13FN4S/c1-8-6-11-12(7-16-8)20-14-17-13(18-19(11)14)9-2-4-10(15)5-3-9/h2-5,8,16H,6-7H2,1H3. The molecule has 102 valence electrons. The molecular formula is C14H13FN4S. The number of thiazole rings is 1. The average Bonchev–Trinajstić information content (AvgIpc) is 2.98. The van der Waals surface area contributed by atoms with E-state index in [0.29, 0.717) is 11.9 Å². The molecule has 6 heteroatoms. The van der Waals surface area contributed by atoms with E-state index >= 15 is 0 Å². The van der Waals surface area contributed by atoms with Gasteiger partial charge in [-0.05, 0) is 31.2 Å². The first-order valence-electron chi connectivity index (χ1n) is 6.57. The number of benzene rings is 1. The van der Waals surface area contributed by atoms with Gasteiger partial charge in [0.15, 0.2) is 5.82 Å². The van der Waals surface area contributed by atoms with Crippen LogP contribution in [0.15, 0.2) is 24.3 Å². The number of rotatable bonds is 1. The summed E-state index contributed by atoms with van der Waals surface area (Å²) in [5.74, 6) is 0.414. The van der Waals surface area contributed by atoms with Gasteiger partial charge in [0, 0.05) is 29.4 Å². The van der Waals surface area contributed by atoms with Crippen molar-refractivity contribution in [2.45, 2.75) is 25.9 Å². The third kappa shape index (κ3) is 1.83. The molecule has 0 aliphatic carbocycles. The first-order valence-corrected chi connectivity index (χ1v) is 7.39. The molecule has 20 heavy (non-hydrogen) atoms. The van der Waals surface area contributed by atoms with Crippen LogP contribution in [0.5, 0.6) is 0 Å². The normalized spacial score (nSPS) is 18.4. The SMILES string of the molecule is CC1Cc2c(sc3nc(-c4ccc(F)cc4)nn23)CN1. The minimum atomic E-state index is -0.243. The number of aromatic nitrogens is 3. The lowest BCUT2D eigenvalue weighted by Crippen LogP contribution is -2.32. The van der Waals surface area contributed by atoms with E-state index in [9.17, 15) is 4.39 Å². The minimum Gasteiger partial charge on any atom is -0.309 e. The van der Waals surface area contributed by atoms with Gasteiger partial charge in [-0.25, -0.2) is 8.91 Å². The minimum absolute atomic E-state index is 0.243. The van der Waals surface area contributed by atoms with Gasteiger partial charge in [-0.3, -0.25) is 0 Å². The van der Waals surface area contributed by atoms with Crippen molar-refractivity contribution >= 4 is 16.3 Å². The molecule has 3 aromatic rings. The van der Waals surface area contributed by atoms with E-state index in [4.69, 9.17) is 0 Å². The fourth-order valence-electron chi connectivity index (χ4n) is 2.52. The second kappa shape index (κ2) is 4.36. The quantitative estimate of drug-likeness (QED) is 0.748. The lowest BCUT2D eigenvalue weighted by Gasteiger charge is -2.19. The molecule has 1 aliphatic rings. The van der Waals surface area contributed by atoms with Crippen molar-refractivity contribution < 1.29 is 4.39 Å².